The van der Waals surface area contributed by atoms with Crippen LogP contribution in [0.4, 0.5) is 0 Å². The van der Waals surface area contributed by atoms with E-state index >= 15 is 0 Å². The summed E-state index contributed by atoms with van der Waals surface area (Å²) < 4.78 is 2.13. The van der Waals surface area contributed by atoms with E-state index in [4.69, 9.17) is 0 Å². The van der Waals surface area contributed by atoms with Crippen LogP contribution in [0, 0.1) is 0 Å². The number of hydrogen-bond donors (Lipinski definition) is 0. The topological polar surface area (TPSA) is 47.5 Å². The Morgan fingerprint density at radius 1 is 1.05 bits per heavy atom. The molecule has 3 aromatic rings. The predicted molar refractivity (Wildman–Crippen MR) is 70.0 cm³/mol. The fourth-order valence-electron chi connectivity index (χ4n) is 1.91. The van der Waals surface area contributed by atoms with Gasteiger partial charge in [0.05, 0.1) is 7.05 Å². The molecule has 0 spiro atoms. The van der Waals surface area contributed by atoms with E-state index in [1.165, 1.54) is 10.4 Å². The lowest BCUT2D eigenvalue weighted by Crippen LogP contribution is -2.32. The number of nitrogens with zero attached hydrogens (tertiary/aromatic N) is 5. The van der Waals surface area contributed by atoms with Crippen LogP contribution in [-0.4, -0.2) is 20.2 Å². The quantitative estimate of drug-likeness (QED) is 0.658. The third-order valence-electron chi connectivity index (χ3n) is 2.86. The highest BCUT2D eigenvalue weighted by Crippen LogP contribution is 2.14. The lowest BCUT2D eigenvalue weighted by Gasteiger charge is -1.99. The predicted octanol–water partition coefficient (Wildman–Crippen LogP) is 1.21. The first-order valence-corrected chi connectivity index (χ1v) is 6.09. The van der Waals surface area contributed by atoms with E-state index in [1.54, 1.807) is 7.05 Å². The molecule has 2 aromatic heterocycles. The molecule has 19 heavy (non-hydrogen) atoms. The minimum atomic E-state index is 0.654. The van der Waals surface area contributed by atoms with Gasteiger partial charge in [0.15, 0.2) is 18.9 Å². The van der Waals surface area contributed by atoms with Crippen molar-refractivity contribution in [1.82, 2.24) is 20.2 Å². The number of aryl methyl sites for hydroxylation is 1. The molecule has 0 fully saturated rings. The van der Waals surface area contributed by atoms with Crippen LogP contribution < -0.4 is 4.57 Å². The Labute approximate surface area is 111 Å². The van der Waals surface area contributed by atoms with Crippen LogP contribution in [0.25, 0.3) is 11.4 Å². The summed E-state index contributed by atoms with van der Waals surface area (Å²) in [6.07, 6.45) is 4.11. The second-order valence-electron chi connectivity index (χ2n) is 4.35. The monoisotopic (exact) mass is 252 g/mol. The third kappa shape index (κ3) is 2.65. The largest absolute Gasteiger partial charge is 0.204 e. The van der Waals surface area contributed by atoms with Crippen molar-refractivity contribution < 1.29 is 4.57 Å². The van der Waals surface area contributed by atoms with Crippen LogP contribution in [0.15, 0.2) is 54.9 Å². The molecule has 3 rings (SSSR count). The first-order valence-electron chi connectivity index (χ1n) is 6.09. The van der Waals surface area contributed by atoms with Gasteiger partial charge in [0.2, 0.25) is 5.82 Å². The van der Waals surface area contributed by atoms with Crippen LogP contribution >= 0.6 is 0 Å². The number of pyridine rings is 1. The minimum Gasteiger partial charge on any atom is -0.201 e. The second kappa shape index (κ2) is 4.97. The number of tetrazole rings is 1. The van der Waals surface area contributed by atoms with Crippen LogP contribution in [0.2, 0.25) is 0 Å². The first kappa shape index (κ1) is 11.5. The van der Waals surface area contributed by atoms with Crippen LogP contribution in [0.3, 0.4) is 0 Å². The molecular formula is C14H14N5+. The Kier molecular flexibility index (Phi) is 3.02. The molecule has 0 aliphatic carbocycles. The molecule has 0 aliphatic heterocycles. The van der Waals surface area contributed by atoms with Gasteiger partial charge in [0, 0.05) is 23.3 Å². The molecule has 0 amide bonds. The zero-order valence-electron chi connectivity index (χ0n) is 10.6. The molecule has 0 radical (unpaired) electrons. The SMILES string of the molecule is Cn1nnc(-c2ccc(C[n+]3ccccc3)cc2)n1. The minimum absolute atomic E-state index is 0.654. The normalized spacial score (nSPS) is 10.6. The van der Waals surface area contributed by atoms with Crippen molar-refractivity contribution in [3.8, 4) is 11.4 Å². The molecule has 0 atom stereocenters. The van der Waals surface area contributed by atoms with Gasteiger partial charge >= 0.3 is 0 Å². The third-order valence-corrected chi connectivity index (χ3v) is 2.86. The summed E-state index contributed by atoms with van der Waals surface area (Å²) in [6.45, 7) is 0.856. The van der Waals surface area contributed by atoms with Gasteiger partial charge in [0.1, 0.15) is 0 Å². The van der Waals surface area contributed by atoms with E-state index in [1.807, 2.05) is 30.3 Å². The average molecular weight is 252 g/mol. The van der Waals surface area contributed by atoms with E-state index in [0.29, 0.717) is 5.82 Å². The van der Waals surface area contributed by atoms with Gasteiger partial charge in [-0.1, -0.05) is 30.3 Å². The first-order chi connectivity index (χ1) is 9.31. The fourth-order valence-corrected chi connectivity index (χ4v) is 1.91. The summed E-state index contributed by atoms with van der Waals surface area (Å²) in [4.78, 5) is 1.46. The molecule has 0 saturated heterocycles. The molecule has 0 aliphatic rings. The Hall–Kier alpha value is -2.56. The molecule has 0 N–H and O–H groups in total. The van der Waals surface area contributed by atoms with Crippen molar-refractivity contribution in [3.63, 3.8) is 0 Å². The van der Waals surface area contributed by atoms with Gasteiger partial charge in [-0.05, 0) is 5.21 Å². The van der Waals surface area contributed by atoms with E-state index in [-0.39, 0.29) is 0 Å². The average Bonchev–Trinajstić information content (AvgIpc) is 2.87. The number of hydrogen-bond acceptors (Lipinski definition) is 3. The summed E-state index contributed by atoms with van der Waals surface area (Å²) in [7, 11) is 1.76. The van der Waals surface area contributed by atoms with E-state index in [2.05, 4.69) is 44.5 Å². The molecule has 5 nitrogen and oxygen atoms in total. The molecule has 0 unspecified atom stereocenters. The van der Waals surface area contributed by atoms with E-state index < -0.39 is 0 Å². The van der Waals surface area contributed by atoms with Crippen LogP contribution in [-0.2, 0) is 13.6 Å². The zero-order chi connectivity index (χ0) is 13.1. The van der Waals surface area contributed by atoms with Crippen molar-refractivity contribution >= 4 is 0 Å². The molecule has 94 valence electrons. The van der Waals surface area contributed by atoms with Gasteiger partial charge in [-0.3, -0.25) is 0 Å². The van der Waals surface area contributed by atoms with Crippen LogP contribution in [0.1, 0.15) is 5.56 Å². The van der Waals surface area contributed by atoms with Crippen molar-refractivity contribution in [3.05, 3.63) is 60.4 Å². The van der Waals surface area contributed by atoms with Gasteiger partial charge in [0.25, 0.3) is 0 Å². The van der Waals surface area contributed by atoms with Crippen LogP contribution in [0.5, 0.6) is 0 Å². The second-order valence-corrected chi connectivity index (χ2v) is 4.35. The summed E-state index contributed by atoms with van der Waals surface area (Å²) in [5.74, 6) is 0.654. The van der Waals surface area contributed by atoms with Crippen molar-refractivity contribution in [2.75, 3.05) is 0 Å². The zero-order valence-corrected chi connectivity index (χ0v) is 10.6. The van der Waals surface area contributed by atoms with E-state index in [0.717, 1.165) is 12.1 Å². The van der Waals surface area contributed by atoms with Gasteiger partial charge in [-0.15, -0.1) is 10.2 Å². The van der Waals surface area contributed by atoms with Gasteiger partial charge in [-0.2, -0.15) is 4.80 Å². The number of aromatic nitrogens is 5. The number of benzene rings is 1. The molecule has 2 heterocycles. The van der Waals surface area contributed by atoms with Gasteiger partial charge in [-0.25, -0.2) is 4.57 Å². The standard InChI is InChI=1S/C14H14N5/c1-18-16-14(15-17-18)13-7-5-12(6-8-13)11-19-9-3-2-4-10-19/h2-10H,11H2,1H3/q+1. The fraction of sp³-hybridized carbons (Fsp3) is 0.143. The Morgan fingerprint density at radius 2 is 1.79 bits per heavy atom. The molecule has 0 saturated carbocycles. The highest BCUT2D eigenvalue weighted by atomic mass is 15.6. The Balaban J connectivity index is 1.79. The maximum absolute atomic E-state index is 4.18. The Bertz CT molecular complexity index is 658. The lowest BCUT2D eigenvalue weighted by molar-refractivity contribution is -0.688. The molecular weight excluding hydrogens is 238 g/mol. The number of rotatable bonds is 3. The Morgan fingerprint density at radius 3 is 2.42 bits per heavy atom. The van der Waals surface area contributed by atoms with Gasteiger partial charge < -0.3 is 0 Å². The van der Waals surface area contributed by atoms with Crippen molar-refractivity contribution in [2.45, 2.75) is 6.54 Å². The summed E-state index contributed by atoms with van der Waals surface area (Å²) in [5, 5.41) is 12.0. The lowest BCUT2D eigenvalue weighted by atomic mass is 10.1. The van der Waals surface area contributed by atoms with Crippen molar-refractivity contribution in [2.24, 2.45) is 7.05 Å². The molecule has 5 heteroatoms. The highest BCUT2D eigenvalue weighted by Gasteiger charge is 2.05. The highest BCUT2D eigenvalue weighted by molar-refractivity contribution is 5.54. The maximum Gasteiger partial charge on any atom is 0.204 e. The van der Waals surface area contributed by atoms with E-state index in [9.17, 15) is 0 Å². The molecule has 0 bridgehead atoms. The van der Waals surface area contributed by atoms with Crippen molar-refractivity contribution in [1.29, 1.82) is 0 Å². The summed E-state index contributed by atoms with van der Waals surface area (Å²) >= 11 is 0. The maximum atomic E-state index is 4.18. The summed E-state index contributed by atoms with van der Waals surface area (Å²) in [6, 6.07) is 14.3. The molecule has 1 aromatic carbocycles. The summed E-state index contributed by atoms with van der Waals surface area (Å²) in [5.41, 5.74) is 2.22. The smallest absolute Gasteiger partial charge is 0.201 e.